The van der Waals surface area contributed by atoms with E-state index < -0.39 is 23.8 Å². The van der Waals surface area contributed by atoms with Crippen LogP contribution in [0.2, 0.25) is 10.0 Å². The van der Waals surface area contributed by atoms with Crippen molar-refractivity contribution < 1.29 is 14.0 Å². The molecule has 3 amide bonds. The number of nitrogens with two attached hydrogens (primary N) is 1. The molecule has 3 atom stereocenters. The van der Waals surface area contributed by atoms with Crippen LogP contribution in [0.1, 0.15) is 28.7 Å². The second-order valence-electron chi connectivity index (χ2n) is 6.79. The molecule has 5 nitrogen and oxygen atoms in total. The van der Waals surface area contributed by atoms with Crippen LogP contribution in [0.4, 0.5) is 9.18 Å². The summed E-state index contributed by atoms with van der Waals surface area (Å²) < 4.78 is 13.7. The van der Waals surface area contributed by atoms with E-state index >= 15 is 0 Å². The van der Waals surface area contributed by atoms with Crippen molar-refractivity contribution >= 4 is 35.1 Å². The van der Waals surface area contributed by atoms with Crippen LogP contribution in [0, 0.1) is 5.82 Å². The van der Waals surface area contributed by atoms with Crippen LogP contribution in [0.5, 0.6) is 0 Å². The lowest BCUT2D eigenvalue weighted by atomic mass is 9.71. The quantitative estimate of drug-likeness (QED) is 0.814. The normalized spacial score (nSPS) is 22.0. The molecule has 0 bridgehead atoms. The van der Waals surface area contributed by atoms with Gasteiger partial charge in [0.05, 0.1) is 17.6 Å². The van der Waals surface area contributed by atoms with E-state index in [0.29, 0.717) is 17.0 Å². The lowest BCUT2D eigenvalue weighted by Crippen LogP contribution is -2.39. The Kier molecular flexibility index (Phi) is 4.48. The van der Waals surface area contributed by atoms with Gasteiger partial charge in [0.1, 0.15) is 11.9 Å². The summed E-state index contributed by atoms with van der Waals surface area (Å²) in [5.74, 6) is -1.17. The summed E-state index contributed by atoms with van der Waals surface area (Å²) in [4.78, 5) is 25.7. The Bertz CT molecular complexity index is 953. The SMILES string of the molecule is NC(=O)C1CN([C@H](c2ccc(F)c(Cl)c2)[C@@H]2Cc3c(Cl)cccc32)C(=O)N1. The van der Waals surface area contributed by atoms with Gasteiger partial charge in [0.15, 0.2) is 0 Å². The van der Waals surface area contributed by atoms with Crippen LogP contribution >= 0.6 is 23.2 Å². The van der Waals surface area contributed by atoms with Crippen molar-refractivity contribution in [1.29, 1.82) is 0 Å². The first-order valence-electron chi connectivity index (χ1n) is 8.45. The Balaban J connectivity index is 1.76. The Morgan fingerprint density at radius 1 is 1.26 bits per heavy atom. The van der Waals surface area contributed by atoms with Crippen LogP contribution in [-0.4, -0.2) is 29.4 Å². The first kappa shape index (κ1) is 18.1. The van der Waals surface area contributed by atoms with Crippen molar-refractivity contribution in [2.24, 2.45) is 5.73 Å². The molecule has 1 saturated heterocycles. The van der Waals surface area contributed by atoms with Crippen LogP contribution in [0.15, 0.2) is 36.4 Å². The summed E-state index contributed by atoms with van der Waals surface area (Å²) in [6.07, 6.45) is 0.666. The minimum Gasteiger partial charge on any atom is -0.368 e. The minimum atomic E-state index is -0.769. The maximum Gasteiger partial charge on any atom is 0.318 e. The molecular weight excluding hydrogens is 392 g/mol. The summed E-state index contributed by atoms with van der Waals surface area (Å²) in [5, 5.41) is 3.26. The molecule has 0 aromatic heterocycles. The molecule has 140 valence electrons. The molecule has 2 aromatic carbocycles. The average Bonchev–Trinajstić information content (AvgIpc) is 2.98. The summed E-state index contributed by atoms with van der Waals surface area (Å²) in [6, 6.07) is 8.49. The molecule has 3 N–H and O–H groups in total. The number of hydrogen-bond donors (Lipinski definition) is 2. The van der Waals surface area contributed by atoms with Gasteiger partial charge in [0.25, 0.3) is 0 Å². The number of hydrogen-bond acceptors (Lipinski definition) is 2. The standard InChI is InChI=1S/C19H16Cl2FN3O2/c20-13-3-1-2-10-11(13)7-12(10)17(9-4-5-15(22)14(21)6-9)25-8-16(18(23)26)24-19(25)27/h1-6,12,16-17H,7-8H2,(H2,23,26)(H,24,27)/t12-,16?,17-/m1/s1. The molecule has 1 unspecified atom stereocenters. The number of urea groups is 1. The van der Waals surface area contributed by atoms with E-state index in [4.69, 9.17) is 28.9 Å². The van der Waals surface area contributed by atoms with Gasteiger partial charge in [-0.15, -0.1) is 0 Å². The van der Waals surface area contributed by atoms with Crippen LogP contribution in [-0.2, 0) is 11.2 Å². The first-order chi connectivity index (χ1) is 12.9. The van der Waals surface area contributed by atoms with Gasteiger partial charge in [-0.3, -0.25) is 4.79 Å². The van der Waals surface area contributed by atoms with Crippen molar-refractivity contribution in [3.63, 3.8) is 0 Å². The molecule has 4 rings (SSSR count). The van der Waals surface area contributed by atoms with E-state index in [0.717, 1.165) is 11.1 Å². The number of primary amides is 1. The van der Waals surface area contributed by atoms with Crippen molar-refractivity contribution in [1.82, 2.24) is 10.2 Å². The van der Waals surface area contributed by atoms with Gasteiger partial charge >= 0.3 is 6.03 Å². The average molecular weight is 408 g/mol. The lowest BCUT2D eigenvalue weighted by molar-refractivity contribution is -0.119. The van der Waals surface area contributed by atoms with Crippen molar-refractivity contribution in [2.45, 2.75) is 24.4 Å². The number of nitrogens with zero attached hydrogens (tertiary/aromatic N) is 1. The molecule has 1 aliphatic carbocycles. The zero-order chi connectivity index (χ0) is 19.3. The second kappa shape index (κ2) is 6.69. The molecule has 8 heteroatoms. The summed E-state index contributed by atoms with van der Waals surface area (Å²) in [7, 11) is 0. The number of carbonyl (C=O) groups excluding carboxylic acids is 2. The third-order valence-corrected chi connectivity index (χ3v) is 5.91. The fourth-order valence-electron chi connectivity index (χ4n) is 3.90. The molecule has 1 heterocycles. The van der Waals surface area contributed by atoms with Gasteiger partial charge in [0.2, 0.25) is 5.91 Å². The second-order valence-corrected chi connectivity index (χ2v) is 7.61. The fraction of sp³-hybridized carbons (Fsp3) is 0.263. The molecule has 1 fully saturated rings. The number of nitrogens with one attached hydrogen (secondary N) is 1. The topological polar surface area (TPSA) is 75.4 Å². The molecule has 2 aromatic rings. The van der Waals surface area contributed by atoms with Crippen LogP contribution in [0.3, 0.4) is 0 Å². The largest absolute Gasteiger partial charge is 0.368 e. The third-order valence-electron chi connectivity index (χ3n) is 5.26. The molecule has 0 radical (unpaired) electrons. The number of amides is 3. The highest BCUT2D eigenvalue weighted by atomic mass is 35.5. The van der Waals surface area contributed by atoms with Gasteiger partial charge < -0.3 is 16.0 Å². The van der Waals surface area contributed by atoms with Crippen molar-refractivity contribution in [3.05, 3.63) is 69.0 Å². The Morgan fingerprint density at radius 2 is 2.04 bits per heavy atom. The zero-order valence-electron chi connectivity index (χ0n) is 14.1. The van der Waals surface area contributed by atoms with E-state index in [1.54, 1.807) is 11.0 Å². The molecule has 0 spiro atoms. The van der Waals surface area contributed by atoms with Crippen LogP contribution in [0.25, 0.3) is 0 Å². The Labute approximate surface area is 165 Å². The highest BCUT2D eigenvalue weighted by molar-refractivity contribution is 6.31. The Hall–Kier alpha value is -2.31. The molecule has 2 aliphatic rings. The number of benzene rings is 2. The van der Waals surface area contributed by atoms with E-state index in [1.807, 2.05) is 18.2 Å². The molecule has 1 aliphatic heterocycles. The van der Waals surface area contributed by atoms with E-state index in [9.17, 15) is 14.0 Å². The van der Waals surface area contributed by atoms with Crippen molar-refractivity contribution in [3.8, 4) is 0 Å². The molecular formula is C19H16Cl2FN3O2. The maximum atomic E-state index is 13.7. The summed E-state index contributed by atoms with van der Waals surface area (Å²) in [5.41, 5.74) is 8.11. The zero-order valence-corrected chi connectivity index (χ0v) is 15.6. The van der Waals surface area contributed by atoms with E-state index in [-0.39, 0.29) is 23.5 Å². The maximum absolute atomic E-state index is 13.7. The monoisotopic (exact) mass is 407 g/mol. The number of carbonyl (C=O) groups is 2. The summed E-state index contributed by atoms with van der Waals surface area (Å²) >= 11 is 12.2. The van der Waals surface area contributed by atoms with Gasteiger partial charge in [-0.05, 0) is 41.3 Å². The predicted octanol–water partition coefficient (Wildman–Crippen LogP) is 3.39. The molecule has 0 saturated carbocycles. The van der Waals surface area contributed by atoms with E-state index in [1.165, 1.54) is 12.1 Å². The van der Waals surface area contributed by atoms with Gasteiger partial charge in [-0.2, -0.15) is 0 Å². The Morgan fingerprint density at radius 3 is 2.70 bits per heavy atom. The first-order valence-corrected chi connectivity index (χ1v) is 9.21. The highest BCUT2D eigenvalue weighted by Crippen LogP contribution is 2.49. The van der Waals surface area contributed by atoms with Crippen molar-refractivity contribution in [2.75, 3.05) is 6.54 Å². The third kappa shape index (κ3) is 3.03. The predicted molar refractivity (Wildman–Crippen MR) is 100 cm³/mol. The number of rotatable bonds is 4. The molecule has 27 heavy (non-hydrogen) atoms. The lowest BCUT2D eigenvalue weighted by Gasteiger charge is -2.41. The smallest absolute Gasteiger partial charge is 0.318 e. The fourth-order valence-corrected chi connectivity index (χ4v) is 4.35. The highest BCUT2D eigenvalue weighted by Gasteiger charge is 2.44. The van der Waals surface area contributed by atoms with Crippen LogP contribution < -0.4 is 11.1 Å². The van der Waals surface area contributed by atoms with E-state index in [2.05, 4.69) is 5.32 Å². The van der Waals surface area contributed by atoms with Gasteiger partial charge in [-0.1, -0.05) is 41.4 Å². The number of halogens is 3. The number of fused-ring (bicyclic) bond motifs is 1. The van der Waals surface area contributed by atoms with Gasteiger partial charge in [0, 0.05) is 10.9 Å². The summed E-state index contributed by atoms with van der Waals surface area (Å²) in [6.45, 7) is 0.139. The van der Waals surface area contributed by atoms with Gasteiger partial charge in [-0.25, -0.2) is 9.18 Å². The minimum absolute atomic E-state index is 0.0193.